The molecular weight excluding hydrogens is 306 g/mol. The van der Waals surface area contributed by atoms with Gasteiger partial charge in [-0.3, -0.25) is 0 Å². The Bertz CT molecular complexity index is 492. The summed E-state index contributed by atoms with van der Waals surface area (Å²) in [6.07, 6.45) is 0. The molecule has 0 aliphatic heterocycles. The van der Waals surface area contributed by atoms with E-state index < -0.39 is 0 Å². The molecular formula is C10H12BrN3S2. The molecule has 1 N–H and O–H groups in total. The normalized spacial score (nSPS) is 12.8. The van der Waals surface area contributed by atoms with E-state index in [-0.39, 0.29) is 6.04 Å². The van der Waals surface area contributed by atoms with Crippen LogP contribution >= 0.6 is 38.6 Å². The van der Waals surface area contributed by atoms with E-state index in [1.54, 1.807) is 0 Å². The van der Waals surface area contributed by atoms with E-state index in [0.29, 0.717) is 0 Å². The molecule has 1 unspecified atom stereocenters. The van der Waals surface area contributed by atoms with Gasteiger partial charge >= 0.3 is 0 Å². The first-order valence-corrected chi connectivity index (χ1v) is 7.31. The Labute approximate surface area is 111 Å². The molecule has 2 aromatic heterocycles. The molecule has 1 atom stereocenters. The fourth-order valence-corrected chi connectivity index (χ4v) is 3.73. The highest BCUT2D eigenvalue weighted by Crippen LogP contribution is 2.30. The monoisotopic (exact) mass is 317 g/mol. The van der Waals surface area contributed by atoms with Crippen LogP contribution in [-0.2, 0) is 0 Å². The fourth-order valence-electron chi connectivity index (χ4n) is 1.61. The number of thiophene rings is 1. The Balaban J connectivity index is 2.14. The van der Waals surface area contributed by atoms with Crippen molar-refractivity contribution in [3.8, 4) is 0 Å². The average molecular weight is 318 g/mol. The lowest BCUT2D eigenvalue weighted by Gasteiger charge is -2.11. The number of anilines is 1. The lowest BCUT2D eigenvalue weighted by molar-refractivity contribution is 0.870. The van der Waals surface area contributed by atoms with Crippen LogP contribution in [0.3, 0.4) is 0 Å². The van der Waals surface area contributed by atoms with Crippen LogP contribution in [0.25, 0.3) is 0 Å². The quantitative estimate of drug-likeness (QED) is 0.924. The molecule has 2 heterocycles. The van der Waals surface area contributed by atoms with Crippen LogP contribution in [0.2, 0.25) is 0 Å². The lowest BCUT2D eigenvalue weighted by Crippen LogP contribution is -2.06. The third-order valence-corrected chi connectivity index (χ3v) is 4.56. The molecule has 0 fully saturated rings. The number of nitrogens with zero attached hydrogens (tertiary/aromatic N) is 2. The van der Waals surface area contributed by atoms with Crippen LogP contribution in [0, 0.1) is 13.8 Å². The topological polar surface area (TPSA) is 37.8 Å². The predicted molar refractivity (Wildman–Crippen MR) is 73.4 cm³/mol. The third-order valence-electron chi connectivity index (χ3n) is 2.29. The van der Waals surface area contributed by atoms with Crippen molar-refractivity contribution in [2.45, 2.75) is 26.8 Å². The van der Waals surface area contributed by atoms with Gasteiger partial charge in [0.05, 0.1) is 6.04 Å². The van der Waals surface area contributed by atoms with Crippen LogP contribution in [0.15, 0.2) is 9.98 Å². The second kappa shape index (κ2) is 4.81. The van der Waals surface area contributed by atoms with Gasteiger partial charge in [-0.2, -0.15) is 0 Å². The minimum absolute atomic E-state index is 0.268. The molecule has 0 radical (unpaired) electrons. The second-order valence-electron chi connectivity index (χ2n) is 3.59. The first kappa shape index (κ1) is 12.0. The van der Waals surface area contributed by atoms with Crippen LogP contribution < -0.4 is 5.32 Å². The number of rotatable bonds is 3. The standard InChI is InChI=1S/C10H12BrN3S2/c1-5-4-8(7(3)15-5)6(2)12-10-14-13-9(11)16-10/h4,6H,1-3H3,(H,12,14). The average Bonchev–Trinajstić information content (AvgIpc) is 2.73. The van der Waals surface area contributed by atoms with Gasteiger partial charge in [0, 0.05) is 9.75 Å². The van der Waals surface area contributed by atoms with Crippen LogP contribution in [-0.4, -0.2) is 10.2 Å². The van der Waals surface area contributed by atoms with Gasteiger partial charge < -0.3 is 5.32 Å². The predicted octanol–water partition coefficient (Wildman–Crippen LogP) is 4.15. The van der Waals surface area contributed by atoms with Crippen LogP contribution in [0.4, 0.5) is 5.13 Å². The summed E-state index contributed by atoms with van der Waals surface area (Å²) in [5, 5.41) is 12.2. The summed E-state index contributed by atoms with van der Waals surface area (Å²) < 4.78 is 0.806. The molecule has 0 spiro atoms. The second-order valence-corrected chi connectivity index (χ2v) is 7.31. The summed E-state index contributed by atoms with van der Waals surface area (Å²) in [6.45, 7) is 6.43. The van der Waals surface area contributed by atoms with E-state index >= 15 is 0 Å². The SMILES string of the molecule is Cc1cc(C(C)Nc2nnc(Br)s2)c(C)s1. The van der Waals surface area contributed by atoms with Crippen molar-refractivity contribution in [1.82, 2.24) is 10.2 Å². The third kappa shape index (κ3) is 2.61. The maximum atomic E-state index is 4.03. The van der Waals surface area contributed by atoms with Gasteiger partial charge in [-0.1, -0.05) is 11.3 Å². The first-order valence-electron chi connectivity index (χ1n) is 4.88. The lowest BCUT2D eigenvalue weighted by atomic mass is 10.1. The summed E-state index contributed by atoms with van der Waals surface area (Å²) in [6, 6.07) is 2.50. The van der Waals surface area contributed by atoms with Gasteiger partial charge in [0.2, 0.25) is 5.13 Å². The molecule has 2 rings (SSSR count). The van der Waals surface area contributed by atoms with Crippen molar-refractivity contribution >= 4 is 43.7 Å². The summed E-state index contributed by atoms with van der Waals surface area (Å²) in [5.74, 6) is 0. The van der Waals surface area contributed by atoms with E-state index in [4.69, 9.17) is 0 Å². The minimum Gasteiger partial charge on any atom is -0.353 e. The van der Waals surface area contributed by atoms with Crippen molar-refractivity contribution in [1.29, 1.82) is 0 Å². The summed E-state index contributed by atoms with van der Waals surface area (Å²) >= 11 is 6.65. The molecule has 0 aliphatic rings. The van der Waals surface area contributed by atoms with E-state index in [2.05, 4.69) is 58.3 Å². The zero-order valence-corrected chi connectivity index (χ0v) is 12.5. The molecule has 6 heteroatoms. The van der Waals surface area contributed by atoms with Crippen molar-refractivity contribution < 1.29 is 0 Å². The number of aryl methyl sites for hydroxylation is 2. The highest BCUT2D eigenvalue weighted by Gasteiger charge is 2.12. The molecule has 0 aliphatic carbocycles. The van der Waals surface area contributed by atoms with Gasteiger partial charge in [-0.25, -0.2) is 0 Å². The summed E-state index contributed by atoms with van der Waals surface area (Å²) in [7, 11) is 0. The number of nitrogens with one attached hydrogen (secondary N) is 1. The molecule has 0 amide bonds. The molecule has 16 heavy (non-hydrogen) atoms. The van der Waals surface area contributed by atoms with Gasteiger partial charge in [0.15, 0.2) is 3.92 Å². The highest BCUT2D eigenvalue weighted by atomic mass is 79.9. The van der Waals surface area contributed by atoms with E-state index in [1.807, 2.05) is 11.3 Å². The maximum absolute atomic E-state index is 4.03. The number of halogens is 1. The Morgan fingerprint density at radius 1 is 1.31 bits per heavy atom. The number of hydrogen-bond acceptors (Lipinski definition) is 5. The largest absolute Gasteiger partial charge is 0.353 e. The van der Waals surface area contributed by atoms with Crippen molar-refractivity contribution in [2.75, 3.05) is 5.32 Å². The van der Waals surface area contributed by atoms with Crippen molar-refractivity contribution in [3.05, 3.63) is 25.3 Å². The zero-order chi connectivity index (χ0) is 11.7. The Hall–Kier alpha value is -0.460. The van der Waals surface area contributed by atoms with E-state index in [0.717, 1.165) is 9.05 Å². The Morgan fingerprint density at radius 2 is 2.06 bits per heavy atom. The molecule has 2 aromatic rings. The number of hydrogen-bond donors (Lipinski definition) is 1. The zero-order valence-electron chi connectivity index (χ0n) is 9.24. The maximum Gasteiger partial charge on any atom is 0.206 e. The minimum atomic E-state index is 0.268. The molecule has 0 aromatic carbocycles. The molecule has 0 bridgehead atoms. The summed E-state index contributed by atoms with van der Waals surface area (Å²) in [5.41, 5.74) is 1.34. The number of aromatic nitrogens is 2. The van der Waals surface area contributed by atoms with Crippen molar-refractivity contribution in [2.24, 2.45) is 0 Å². The van der Waals surface area contributed by atoms with Crippen LogP contribution in [0.5, 0.6) is 0 Å². The van der Waals surface area contributed by atoms with E-state index in [9.17, 15) is 0 Å². The van der Waals surface area contributed by atoms with Gasteiger partial charge in [0.1, 0.15) is 0 Å². The van der Waals surface area contributed by atoms with Gasteiger partial charge in [-0.05, 0) is 48.3 Å². The fraction of sp³-hybridized carbons (Fsp3) is 0.400. The Morgan fingerprint density at radius 3 is 2.56 bits per heavy atom. The van der Waals surface area contributed by atoms with E-state index in [1.165, 1.54) is 26.7 Å². The molecule has 3 nitrogen and oxygen atoms in total. The summed E-state index contributed by atoms with van der Waals surface area (Å²) in [4.78, 5) is 2.71. The highest BCUT2D eigenvalue weighted by molar-refractivity contribution is 9.11. The first-order chi connectivity index (χ1) is 7.56. The molecule has 86 valence electrons. The molecule has 0 saturated heterocycles. The van der Waals surface area contributed by atoms with Crippen LogP contribution in [0.1, 0.15) is 28.3 Å². The molecule has 0 saturated carbocycles. The smallest absolute Gasteiger partial charge is 0.206 e. The van der Waals surface area contributed by atoms with Crippen molar-refractivity contribution in [3.63, 3.8) is 0 Å². The van der Waals surface area contributed by atoms with Gasteiger partial charge in [0.25, 0.3) is 0 Å². The van der Waals surface area contributed by atoms with Gasteiger partial charge in [-0.15, -0.1) is 21.5 Å². The Kier molecular flexibility index (Phi) is 3.61.